The molecule has 1 amide bonds. The first kappa shape index (κ1) is 15.2. The molecule has 2 rings (SSSR count). The average molecular weight is 342 g/mol. The van der Waals surface area contributed by atoms with Crippen molar-refractivity contribution in [2.45, 2.75) is 25.7 Å². The van der Waals surface area contributed by atoms with Crippen molar-refractivity contribution in [1.29, 1.82) is 0 Å². The van der Waals surface area contributed by atoms with Gasteiger partial charge in [-0.05, 0) is 42.9 Å². The van der Waals surface area contributed by atoms with Crippen LogP contribution in [-0.2, 0) is 0 Å². The Hall–Kier alpha value is -1.23. The molecule has 0 heterocycles. The Morgan fingerprint density at radius 3 is 2.65 bits per heavy atom. The number of halogens is 1. The van der Waals surface area contributed by atoms with Crippen molar-refractivity contribution >= 4 is 21.8 Å². The van der Waals surface area contributed by atoms with Crippen LogP contribution in [0.25, 0.3) is 0 Å². The SMILES string of the molecule is O=C(NCC1CCCCC1CBr)c1cc(O)ccc1O. The van der Waals surface area contributed by atoms with Gasteiger partial charge in [0.25, 0.3) is 5.91 Å². The van der Waals surface area contributed by atoms with Gasteiger partial charge >= 0.3 is 0 Å². The number of benzene rings is 1. The summed E-state index contributed by atoms with van der Waals surface area (Å²) in [5, 5.41) is 22.9. The number of hydrogen-bond acceptors (Lipinski definition) is 3. The number of carbonyl (C=O) groups is 1. The zero-order chi connectivity index (χ0) is 14.5. The molecule has 1 saturated carbocycles. The molecule has 0 radical (unpaired) electrons. The van der Waals surface area contributed by atoms with E-state index in [2.05, 4.69) is 21.2 Å². The molecule has 0 aromatic heterocycles. The molecule has 1 aromatic carbocycles. The summed E-state index contributed by atoms with van der Waals surface area (Å²) in [6.45, 7) is 0.615. The Labute approximate surface area is 127 Å². The quantitative estimate of drug-likeness (QED) is 0.582. The van der Waals surface area contributed by atoms with E-state index in [1.54, 1.807) is 0 Å². The fourth-order valence-electron chi connectivity index (χ4n) is 2.78. The molecule has 110 valence electrons. The lowest BCUT2D eigenvalue weighted by atomic mass is 9.80. The molecule has 2 unspecified atom stereocenters. The predicted octanol–water partition coefficient (Wildman–Crippen LogP) is 3.03. The van der Waals surface area contributed by atoms with Crippen LogP contribution in [0.5, 0.6) is 11.5 Å². The van der Waals surface area contributed by atoms with Gasteiger partial charge in [0.15, 0.2) is 0 Å². The largest absolute Gasteiger partial charge is 0.508 e. The summed E-state index contributed by atoms with van der Waals surface area (Å²) in [5.41, 5.74) is 0.121. The maximum Gasteiger partial charge on any atom is 0.255 e. The Morgan fingerprint density at radius 2 is 1.95 bits per heavy atom. The minimum atomic E-state index is -0.336. The monoisotopic (exact) mass is 341 g/mol. The molecule has 0 aliphatic heterocycles. The fraction of sp³-hybridized carbons (Fsp3) is 0.533. The van der Waals surface area contributed by atoms with E-state index in [4.69, 9.17) is 0 Å². The molecular formula is C15H20BrNO3. The number of amides is 1. The summed E-state index contributed by atoms with van der Waals surface area (Å²) < 4.78 is 0. The van der Waals surface area contributed by atoms with Crippen LogP contribution < -0.4 is 5.32 Å². The zero-order valence-electron chi connectivity index (χ0n) is 11.3. The number of carbonyl (C=O) groups excluding carboxylic acids is 1. The van der Waals surface area contributed by atoms with Gasteiger partial charge in [0, 0.05) is 11.9 Å². The summed E-state index contributed by atoms with van der Waals surface area (Å²) in [6.07, 6.45) is 4.79. The first-order valence-corrected chi connectivity index (χ1v) is 8.10. The van der Waals surface area contributed by atoms with Gasteiger partial charge < -0.3 is 15.5 Å². The Morgan fingerprint density at radius 1 is 1.25 bits per heavy atom. The number of alkyl halides is 1. The smallest absolute Gasteiger partial charge is 0.255 e. The van der Waals surface area contributed by atoms with Crippen LogP contribution in [0.3, 0.4) is 0 Å². The van der Waals surface area contributed by atoms with Gasteiger partial charge in [0.05, 0.1) is 5.56 Å². The summed E-state index contributed by atoms with van der Waals surface area (Å²) in [7, 11) is 0. The topological polar surface area (TPSA) is 69.6 Å². The Kier molecular flexibility index (Phi) is 5.29. The van der Waals surface area contributed by atoms with E-state index in [1.165, 1.54) is 37.5 Å². The second-order valence-electron chi connectivity index (χ2n) is 5.37. The second-order valence-corrected chi connectivity index (χ2v) is 6.02. The maximum absolute atomic E-state index is 12.1. The minimum Gasteiger partial charge on any atom is -0.508 e. The molecule has 5 heteroatoms. The molecule has 0 saturated heterocycles. The van der Waals surface area contributed by atoms with Crippen molar-refractivity contribution in [3.05, 3.63) is 23.8 Å². The third-order valence-corrected chi connectivity index (χ3v) is 4.85. The highest BCUT2D eigenvalue weighted by atomic mass is 79.9. The van der Waals surface area contributed by atoms with E-state index >= 15 is 0 Å². The van der Waals surface area contributed by atoms with Gasteiger partial charge in [-0.3, -0.25) is 4.79 Å². The molecule has 4 nitrogen and oxygen atoms in total. The molecule has 3 N–H and O–H groups in total. The van der Waals surface area contributed by atoms with E-state index in [0.29, 0.717) is 18.4 Å². The van der Waals surface area contributed by atoms with E-state index in [1.807, 2.05) is 0 Å². The lowest BCUT2D eigenvalue weighted by Crippen LogP contribution is -2.34. The molecule has 1 aliphatic carbocycles. The van der Waals surface area contributed by atoms with Crippen LogP contribution in [0.4, 0.5) is 0 Å². The number of rotatable bonds is 4. The molecule has 1 fully saturated rings. The zero-order valence-corrected chi connectivity index (χ0v) is 12.9. The van der Waals surface area contributed by atoms with Crippen LogP contribution in [0.2, 0.25) is 0 Å². The third kappa shape index (κ3) is 3.66. The summed E-state index contributed by atoms with van der Waals surface area (Å²) >= 11 is 3.54. The highest BCUT2D eigenvalue weighted by Crippen LogP contribution is 2.31. The van der Waals surface area contributed by atoms with Crippen LogP contribution in [-0.4, -0.2) is 28.0 Å². The number of phenolic OH excluding ortho intramolecular Hbond substituents is 2. The molecule has 0 bridgehead atoms. The number of nitrogens with one attached hydrogen (secondary N) is 1. The molecule has 1 aromatic rings. The summed E-state index contributed by atoms with van der Waals surface area (Å²) in [6, 6.07) is 3.97. The van der Waals surface area contributed by atoms with Crippen molar-refractivity contribution in [2.75, 3.05) is 11.9 Å². The van der Waals surface area contributed by atoms with Crippen LogP contribution in [0.1, 0.15) is 36.0 Å². The fourth-order valence-corrected chi connectivity index (χ4v) is 3.63. The van der Waals surface area contributed by atoms with E-state index in [9.17, 15) is 15.0 Å². The highest BCUT2D eigenvalue weighted by molar-refractivity contribution is 9.09. The van der Waals surface area contributed by atoms with Crippen molar-refractivity contribution < 1.29 is 15.0 Å². The Balaban J connectivity index is 1.96. The average Bonchev–Trinajstić information content (AvgIpc) is 2.47. The number of aromatic hydroxyl groups is 2. The van der Waals surface area contributed by atoms with Gasteiger partial charge in [-0.25, -0.2) is 0 Å². The summed E-state index contributed by atoms with van der Waals surface area (Å²) in [5.74, 6) is 0.607. The molecule has 2 atom stereocenters. The van der Waals surface area contributed by atoms with Crippen LogP contribution in [0.15, 0.2) is 18.2 Å². The molecule has 20 heavy (non-hydrogen) atoms. The molecular weight excluding hydrogens is 322 g/mol. The predicted molar refractivity (Wildman–Crippen MR) is 81.3 cm³/mol. The van der Waals surface area contributed by atoms with Gasteiger partial charge in [-0.1, -0.05) is 28.8 Å². The minimum absolute atomic E-state index is 0.0241. The third-order valence-electron chi connectivity index (χ3n) is 4.01. The lowest BCUT2D eigenvalue weighted by molar-refractivity contribution is 0.0934. The first-order valence-electron chi connectivity index (χ1n) is 6.98. The number of hydrogen-bond donors (Lipinski definition) is 3. The standard InChI is InChI=1S/C15H20BrNO3/c16-8-10-3-1-2-4-11(10)9-17-15(20)13-7-12(18)5-6-14(13)19/h5-7,10-11,18-19H,1-4,8-9H2,(H,17,20). The van der Waals surface area contributed by atoms with E-state index < -0.39 is 0 Å². The van der Waals surface area contributed by atoms with Gasteiger partial charge in [-0.15, -0.1) is 0 Å². The molecule has 1 aliphatic rings. The van der Waals surface area contributed by atoms with Crippen molar-refractivity contribution in [2.24, 2.45) is 11.8 Å². The van der Waals surface area contributed by atoms with Crippen LogP contribution >= 0.6 is 15.9 Å². The van der Waals surface area contributed by atoms with Crippen molar-refractivity contribution in [3.63, 3.8) is 0 Å². The van der Waals surface area contributed by atoms with Crippen molar-refractivity contribution in [3.8, 4) is 11.5 Å². The number of phenols is 2. The first-order chi connectivity index (χ1) is 9.61. The lowest BCUT2D eigenvalue weighted by Gasteiger charge is -2.30. The Bertz CT molecular complexity index is 478. The van der Waals surface area contributed by atoms with Gasteiger partial charge in [-0.2, -0.15) is 0 Å². The van der Waals surface area contributed by atoms with E-state index in [-0.39, 0.29) is 23.0 Å². The second kappa shape index (κ2) is 6.97. The van der Waals surface area contributed by atoms with E-state index in [0.717, 1.165) is 11.8 Å². The molecule has 0 spiro atoms. The van der Waals surface area contributed by atoms with Gasteiger partial charge in [0.1, 0.15) is 11.5 Å². The normalized spacial score (nSPS) is 22.4. The maximum atomic E-state index is 12.1. The summed E-state index contributed by atoms with van der Waals surface area (Å²) in [4.78, 5) is 12.1. The van der Waals surface area contributed by atoms with Crippen molar-refractivity contribution in [1.82, 2.24) is 5.32 Å². The van der Waals surface area contributed by atoms with Crippen LogP contribution in [0, 0.1) is 11.8 Å². The van der Waals surface area contributed by atoms with Gasteiger partial charge in [0.2, 0.25) is 0 Å². The highest BCUT2D eigenvalue weighted by Gasteiger charge is 2.25.